The zero-order valence-corrected chi connectivity index (χ0v) is 7.45. The Morgan fingerprint density at radius 1 is 1.75 bits per heavy atom. The van der Waals surface area contributed by atoms with Gasteiger partial charge in [0.1, 0.15) is 5.82 Å². The van der Waals surface area contributed by atoms with Gasteiger partial charge in [-0.15, -0.1) is 6.58 Å². The molecule has 0 atom stereocenters. The van der Waals surface area contributed by atoms with E-state index >= 15 is 0 Å². The van der Waals surface area contributed by atoms with Gasteiger partial charge in [-0.25, -0.2) is 4.98 Å². The standard InChI is InChI=1S/C9H15N3/c1-3-5-8-9(10)12(6-4-2)7-11-8/h4,7H,2-3,5-6,10H2,1H3. The smallest absolute Gasteiger partial charge is 0.126 e. The van der Waals surface area contributed by atoms with E-state index in [2.05, 4.69) is 18.5 Å². The average molecular weight is 165 g/mol. The van der Waals surface area contributed by atoms with E-state index in [-0.39, 0.29) is 0 Å². The van der Waals surface area contributed by atoms with E-state index in [9.17, 15) is 0 Å². The molecular weight excluding hydrogens is 150 g/mol. The summed E-state index contributed by atoms with van der Waals surface area (Å²) >= 11 is 0. The van der Waals surface area contributed by atoms with Crippen molar-refractivity contribution in [3.8, 4) is 0 Å². The summed E-state index contributed by atoms with van der Waals surface area (Å²) in [7, 11) is 0. The number of allylic oxidation sites excluding steroid dienone is 1. The number of imidazole rings is 1. The number of nitrogens with zero attached hydrogens (tertiary/aromatic N) is 2. The second kappa shape index (κ2) is 3.95. The van der Waals surface area contributed by atoms with Gasteiger partial charge in [0.15, 0.2) is 0 Å². The largest absolute Gasteiger partial charge is 0.384 e. The molecule has 0 aliphatic rings. The maximum atomic E-state index is 5.83. The third-order valence-electron chi connectivity index (χ3n) is 1.77. The van der Waals surface area contributed by atoms with Crippen molar-refractivity contribution in [1.82, 2.24) is 9.55 Å². The Kier molecular flexibility index (Phi) is 2.91. The van der Waals surface area contributed by atoms with E-state index in [1.165, 1.54) is 0 Å². The van der Waals surface area contributed by atoms with Crippen molar-refractivity contribution in [2.75, 3.05) is 5.73 Å². The van der Waals surface area contributed by atoms with Crippen molar-refractivity contribution < 1.29 is 0 Å². The summed E-state index contributed by atoms with van der Waals surface area (Å²) in [5.41, 5.74) is 6.83. The molecule has 1 rings (SSSR count). The zero-order chi connectivity index (χ0) is 8.97. The van der Waals surface area contributed by atoms with Gasteiger partial charge in [0.25, 0.3) is 0 Å². The number of nitrogens with two attached hydrogens (primary N) is 1. The van der Waals surface area contributed by atoms with E-state index in [4.69, 9.17) is 5.73 Å². The monoisotopic (exact) mass is 165 g/mol. The number of aryl methyl sites for hydroxylation is 1. The number of hydrogen-bond donors (Lipinski definition) is 1. The zero-order valence-electron chi connectivity index (χ0n) is 7.45. The summed E-state index contributed by atoms with van der Waals surface area (Å²) in [6, 6.07) is 0. The molecule has 3 heteroatoms. The average Bonchev–Trinajstić information content (AvgIpc) is 2.38. The van der Waals surface area contributed by atoms with Crippen molar-refractivity contribution in [3.05, 3.63) is 24.7 Å². The molecule has 0 amide bonds. The fourth-order valence-electron chi connectivity index (χ4n) is 1.15. The number of nitrogen functional groups attached to an aromatic ring is 1. The molecule has 0 saturated carbocycles. The molecule has 12 heavy (non-hydrogen) atoms. The van der Waals surface area contributed by atoms with Crippen molar-refractivity contribution in [1.29, 1.82) is 0 Å². The molecule has 1 heterocycles. The van der Waals surface area contributed by atoms with Gasteiger partial charge in [-0.05, 0) is 6.42 Å². The van der Waals surface area contributed by atoms with Crippen LogP contribution in [0.5, 0.6) is 0 Å². The summed E-state index contributed by atoms with van der Waals surface area (Å²) in [6.45, 7) is 6.50. The van der Waals surface area contributed by atoms with Gasteiger partial charge in [0, 0.05) is 6.54 Å². The molecule has 0 aliphatic carbocycles. The fourth-order valence-corrected chi connectivity index (χ4v) is 1.15. The first-order valence-corrected chi connectivity index (χ1v) is 4.20. The predicted molar refractivity (Wildman–Crippen MR) is 50.8 cm³/mol. The topological polar surface area (TPSA) is 43.8 Å². The number of rotatable bonds is 4. The van der Waals surface area contributed by atoms with E-state index in [0.29, 0.717) is 0 Å². The highest BCUT2D eigenvalue weighted by atomic mass is 15.1. The molecule has 0 aliphatic heterocycles. The summed E-state index contributed by atoms with van der Waals surface area (Å²) in [4.78, 5) is 4.21. The molecule has 66 valence electrons. The minimum absolute atomic E-state index is 0.739. The second-order valence-corrected chi connectivity index (χ2v) is 2.77. The first-order valence-electron chi connectivity index (χ1n) is 4.20. The Labute approximate surface area is 72.9 Å². The molecule has 0 bridgehead atoms. The Morgan fingerprint density at radius 3 is 3.08 bits per heavy atom. The molecule has 0 radical (unpaired) electrons. The molecular formula is C9H15N3. The summed E-state index contributed by atoms with van der Waals surface area (Å²) < 4.78 is 1.90. The predicted octanol–water partition coefficient (Wildman–Crippen LogP) is 1.60. The lowest BCUT2D eigenvalue weighted by molar-refractivity contribution is 0.831. The maximum Gasteiger partial charge on any atom is 0.126 e. The van der Waals surface area contributed by atoms with Crippen LogP contribution in [0.3, 0.4) is 0 Å². The van der Waals surface area contributed by atoms with E-state index in [0.717, 1.165) is 30.9 Å². The van der Waals surface area contributed by atoms with Crippen LogP contribution in [0.1, 0.15) is 19.0 Å². The summed E-state index contributed by atoms with van der Waals surface area (Å²) in [5.74, 6) is 0.775. The number of hydrogen-bond acceptors (Lipinski definition) is 2. The van der Waals surface area contributed by atoms with Crippen molar-refractivity contribution in [3.63, 3.8) is 0 Å². The van der Waals surface area contributed by atoms with Gasteiger partial charge in [0.05, 0.1) is 12.0 Å². The first-order chi connectivity index (χ1) is 5.79. The lowest BCUT2D eigenvalue weighted by Crippen LogP contribution is -2.01. The first kappa shape index (κ1) is 8.84. The molecule has 0 spiro atoms. The minimum atomic E-state index is 0.739. The van der Waals surface area contributed by atoms with Crippen LogP contribution in [-0.2, 0) is 13.0 Å². The van der Waals surface area contributed by atoms with Crippen LogP contribution in [0.25, 0.3) is 0 Å². The highest BCUT2D eigenvalue weighted by Gasteiger charge is 2.04. The van der Waals surface area contributed by atoms with Gasteiger partial charge in [-0.2, -0.15) is 0 Å². The van der Waals surface area contributed by atoms with Crippen LogP contribution in [-0.4, -0.2) is 9.55 Å². The quantitative estimate of drug-likeness (QED) is 0.689. The van der Waals surface area contributed by atoms with Crippen LogP contribution >= 0.6 is 0 Å². The molecule has 0 fully saturated rings. The van der Waals surface area contributed by atoms with Gasteiger partial charge in [0.2, 0.25) is 0 Å². The van der Waals surface area contributed by atoms with Crippen LogP contribution < -0.4 is 5.73 Å². The highest BCUT2D eigenvalue weighted by Crippen LogP contribution is 2.11. The molecule has 0 aromatic carbocycles. The van der Waals surface area contributed by atoms with Gasteiger partial charge in [-0.3, -0.25) is 0 Å². The molecule has 0 saturated heterocycles. The van der Waals surface area contributed by atoms with Crippen molar-refractivity contribution in [2.24, 2.45) is 0 Å². The molecule has 2 N–H and O–H groups in total. The van der Waals surface area contributed by atoms with Crippen LogP contribution in [0.2, 0.25) is 0 Å². The van der Waals surface area contributed by atoms with Crippen molar-refractivity contribution in [2.45, 2.75) is 26.3 Å². The van der Waals surface area contributed by atoms with E-state index in [1.54, 1.807) is 6.33 Å². The van der Waals surface area contributed by atoms with Crippen LogP contribution in [0.4, 0.5) is 5.82 Å². The Morgan fingerprint density at radius 2 is 2.50 bits per heavy atom. The number of anilines is 1. The van der Waals surface area contributed by atoms with Crippen LogP contribution in [0.15, 0.2) is 19.0 Å². The highest BCUT2D eigenvalue weighted by molar-refractivity contribution is 5.36. The SMILES string of the molecule is C=CCn1cnc(CCC)c1N. The van der Waals surface area contributed by atoms with Gasteiger partial charge >= 0.3 is 0 Å². The fraction of sp³-hybridized carbons (Fsp3) is 0.444. The molecule has 1 aromatic heterocycles. The lowest BCUT2D eigenvalue weighted by Gasteiger charge is -2.00. The summed E-state index contributed by atoms with van der Waals surface area (Å²) in [6.07, 6.45) is 5.61. The molecule has 1 aromatic rings. The lowest BCUT2D eigenvalue weighted by atomic mass is 10.2. The maximum absolute atomic E-state index is 5.83. The minimum Gasteiger partial charge on any atom is -0.384 e. The normalized spacial score (nSPS) is 10.1. The molecule has 0 unspecified atom stereocenters. The Balaban J connectivity index is 2.80. The van der Waals surface area contributed by atoms with Crippen LogP contribution in [0, 0.1) is 0 Å². The van der Waals surface area contributed by atoms with E-state index in [1.807, 2.05) is 10.6 Å². The third kappa shape index (κ3) is 1.67. The van der Waals surface area contributed by atoms with Gasteiger partial charge < -0.3 is 10.3 Å². The van der Waals surface area contributed by atoms with E-state index < -0.39 is 0 Å². The van der Waals surface area contributed by atoms with Crippen molar-refractivity contribution >= 4 is 5.82 Å². The molecule has 3 nitrogen and oxygen atoms in total. The Hall–Kier alpha value is -1.25. The summed E-state index contributed by atoms with van der Waals surface area (Å²) in [5, 5.41) is 0. The van der Waals surface area contributed by atoms with Gasteiger partial charge in [-0.1, -0.05) is 19.4 Å². The third-order valence-corrected chi connectivity index (χ3v) is 1.77. The number of aromatic nitrogens is 2. The Bertz CT molecular complexity index is 263. The second-order valence-electron chi connectivity index (χ2n) is 2.77.